The third kappa shape index (κ3) is 0.791. The van der Waals surface area contributed by atoms with Crippen LogP contribution in [0.4, 0.5) is 0 Å². The van der Waals surface area contributed by atoms with Crippen LogP contribution in [-0.4, -0.2) is 11.2 Å². The van der Waals surface area contributed by atoms with E-state index in [9.17, 15) is 5.11 Å². The van der Waals surface area contributed by atoms with E-state index in [1.54, 1.807) is 0 Å². The summed E-state index contributed by atoms with van der Waals surface area (Å²) in [6.07, 6.45) is 8.38. The lowest BCUT2D eigenvalue weighted by Gasteiger charge is -2.45. The molecule has 1 N–H and O–H groups in total. The highest BCUT2D eigenvalue weighted by Crippen LogP contribution is 2.76. The SMILES string of the molecule is CC1=CC[C@@]23CCC[C@@]12[C@@H](O)CC3(C)C. The van der Waals surface area contributed by atoms with E-state index in [0.29, 0.717) is 10.8 Å². The summed E-state index contributed by atoms with van der Waals surface area (Å²) in [6.45, 7) is 6.99. The zero-order valence-corrected chi connectivity index (χ0v) is 10.1. The van der Waals surface area contributed by atoms with Crippen LogP contribution < -0.4 is 0 Å². The first-order valence-corrected chi connectivity index (χ1v) is 6.32. The Morgan fingerprint density at radius 3 is 2.73 bits per heavy atom. The van der Waals surface area contributed by atoms with Crippen molar-refractivity contribution in [3.8, 4) is 0 Å². The fourth-order valence-electron chi connectivity index (χ4n) is 5.32. The second-order valence-corrected chi connectivity index (χ2v) is 6.60. The third-order valence-electron chi connectivity index (χ3n) is 6.06. The molecule has 0 aromatic heterocycles. The van der Waals surface area contributed by atoms with Crippen LogP contribution in [0.3, 0.4) is 0 Å². The Bertz CT molecular complexity index is 341. The molecule has 0 aliphatic heterocycles. The first-order valence-electron chi connectivity index (χ1n) is 6.32. The lowest BCUT2D eigenvalue weighted by Crippen LogP contribution is -2.41. The Kier molecular flexibility index (Phi) is 1.65. The summed E-state index contributed by atoms with van der Waals surface area (Å²) in [6, 6.07) is 0. The fraction of sp³-hybridized carbons (Fsp3) is 0.857. The van der Waals surface area contributed by atoms with Gasteiger partial charge in [0.2, 0.25) is 0 Å². The Hall–Kier alpha value is -0.300. The van der Waals surface area contributed by atoms with Gasteiger partial charge in [-0.2, -0.15) is 0 Å². The van der Waals surface area contributed by atoms with E-state index in [0.717, 1.165) is 6.42 Å². The highest BCUT2D eigenvalue weighted by Gasteiger charge is 2.71. The van der Waals surface area contributed by atoms with Crippen molar-refractivity contribution in [2.24, 2.45) is 16.2 Å². The van der Waals surface area contributed by atoms with Crippen molar-refractivity contribution >= 4 is 0 Å². The zero-order chi connectivity index (χ0) is 10.9. The molecule has 0 radical (unpaired) electrons. The Labute approximate surface area is 92.6 Å². The van der Waals surface area contributed by atoms with Crippen molar-refractivity contribution in [3.05, 3.63) is 11.6 Å². The topological polar surface area (TPSA) is 20.2 Å². The maximum atomic E-state index is 10.5. The molecule has 0 spiro atoms. The van der Waals surface area contributed by atoms with Gasteiger partial charge >= 0.3 is 0 Å². The summed E-state index contributed by atoms with van der Waals surface area (Å²) in [5.41, 5.74) is 2.36. The van der Waals surface area contributed by atoms with Crippen molar-refractivity contribution in [3.63, 3.8) is 0 Å². The molecule has 84 valence electrons. The van der Waals surface area contributed by atoms with Crippen molar-refractivity contribution < 1.29 is 5.11 Å². The molecular weight excluding hydrogens is 184 g/mol. The number of hydrogen-bond donors (Lipinski definition) is 1. The molecule has 0 bridgehead atoms. The predicted octanol–water partition coefficient (Wildman–Crippen LogP) is 3.28. The average Bonchev–Trinajstić information content (AvgIpc) is 2.68. The van der Waals surface area contributed by atoms with Crippen LogP contribution in [-0.2, 0) is 0 Å². The standard InChI is InChI=1S/C14H22O/c1-10-5-8-13-6-4-7-14(10,13)11(15)9-12(13,2)3/h5,11,15H,4,6-9H2,1-3H3/t11-,13+,14-/m0/s1. The molecular formula is C14H22O. The van der Waals surface area contributed by atoms with E-state index in [4.69, 9.17) is 0 Å². The Morgan fingerprint density at radius 2 is 2.07 bits per heavy atom. The van der Waals surface area contributed by atoms with Gasteiger partial charge in [0, 0.05) is 5.41 Å². The summed E-state index contributed by atoms with van der Waals surface area (Å²) >= 11 is 0. The van der Waals surface area contributed by atoms with Gasteiger partial charge in [-0.3, -0.25) is 0 Å². The maximum Gasteiger partial charge on any atom is 0.0644 e. The highest BCUT2D eigenvalue weighted by molar-refractivity contribution is 5.36. The van der Waals surface area contributed by atoms with E-state index >= 15 is 0 Å². The van der Waals surface area contributed by atoms with E-state index in [-0.39, 0.29) is 11.5 Å². The van der Waals surface area contributed by atoms with E-state index in [1.165, 1.54) is 31.3 Å². The Morgan fingerprint density at radius 1 is 1.33 bits per heavy atom. The van der Waals surface area contributed by atoms with Crippen molar-refractivity contribution in [2.75, 3.05) is 0 Å². The first-order chi connectivity index (χ1) is 6.96. The van der Waals surface area contributed by atoms with Crippen LogP contribution in [0, 0.1) is 16.2 Å². The largest absolute Gasteiger partial charge is 0.392 e. The lowest BCUT2D eigenvalue weighted by atomic mass is 9.59. The number of aliphatic hydroxyl groups is 1. The number of rotatable bonds is 0. The zero-order valence-electron chi connectivity index (χ0n) is 10.1. The van der Waals surface area contributed by atoms with Crippen LogP contribution in [0.1, 0.15) is 52.9 Å². The number of allylic oxidation sites excluding steroid dienone is 1. The number of aliphatic hydroxyl groups excluding tert-OH is 1. The summed E-state index contributed by atoms with van der Waals surface area (Å²) < 4.78 is 0. The minimum Gasteiger partial charge on any atom is -0.392 e. The second kappa shape index (κ2) is 2.51. The lowest BCUT2D eigenvalue weighted by molar-refractivity contribution is 0.0160. The Balaban J connectivity index is 2.21. The minimum atomic E-state index is -0.0891. The third-order valence-corrected chi connectivity index (χ3v) is 6.06. The number of hydrogen-bond acceptors (Lipinski definition) is 1. The van der Waals surface area contributed by atoms with E-state index in [2.05, 4.69) is 26.8 Å². The van der Waals surface area contributed by atoms with Gasteiger partial charge in [-0.25, -0.2) is 0 Å². The van der Waals surface area contributed by atoms with Crippen molar-refractivity contribution in [2.45, 2.75) is 59.0 Å². The quantitative estimate of drug-likeness (QED) is 0.603. The molecule has 1 heteroatoms. The van der Waals surface area contributed by atoms with Crippen molar-refractivity contribution in [1.29, 1.82) is 0 Å². The minimum absolute atomic E-state index is 0.0891. The molecule has 2 fully saturated rings. The molecule has 3 atom stereocenters. The summed E-state index contributed by atoms with van der Waals surface area (Å²) in [5.74, 6) is 0. The van der Waals surface area contributed by atoms with Crippen LogP contribution in [0.25, 0.3) is 0 Å². The molecule has 0 unspecified atom stereocenters. The molecule has 3 aliphatic rings. The molecule has 0 amide bonds. The fourth-order valence-corrected chi connectivity index (χ4v) is 5.32. The monoisotopic (exact) mass is 206 g/mol. The molecule has 0 aromatic rings. The predicted molar refractivity (Wildman–Crippen MR) is 61.5 cm³/mol. The van der Waals surface area contributed by atoms with Gasteiger partial charge in [-0.05, 0) is 43.4 Å². The smallest absolute Gasteiger partial charge is 0.0644 e. The van der Waals surface area contributed by atoms with Gasteiger partial charge in [-0.1, -0.05) is 31.9 Å². The second-order valence-electron chi connectivity index (χ2n) is 6.60. The molecule has 15 heavy (non-hydrogen) atoms. The molecule has 0 saturated heterocycles. The van der Waals surface area contributed by atoms with Gasteiger partial charge in [0.1, 0.15) is 0 Å². The summed E-state index contributed by atoms with van der Waals surface area (Å²) in [7, 11) is 0. The van der Waals surface area contributed by atoms with Crippen LogP contribution in [0.5, 0.6) is 0 Å². The van der Waals surface area contributed by atoms with Gasteiger partial charge in [0.25, 0.3) is 0 Å². The molecule has 3 rings (SSSR count). The molecule has 0 heterocycles. The van der Waals surface area contributed by atoms with Gasteiger partial charge in [0.05, 0.1) is 6.10 Å². The summed E-state index contributed by atoms with van der Waals surface area (Å²) in [4.78, 5) is 0. The van der Waals surface area contributed by atoms with Crippen LogP contribution in [0.15, 0.2) is 11.6 Å². The van der Waals surface area contributed by atoms with Gasteiger partial charge in [0.15, 0.2) is 0 Å². The van der Waals surface area contributed by atoms with E-state index < -0.39 is 0 Å². The van der Waals surface area contributed by atoms with Crippen LogP contribution >= 0.6 is 0 Å². The molecule has 3 aliphatic carbocycles. The van der Waals surface area contributed by atoms with E-state index in [1.807, 2.05) is 0 Å². The average molecular weight is 206 g/mol. The van der Waals surface area contributed by atoms with Gasteiger partial charge in [-0.15, -0.1) is 0 Å². The normalized spacial score (nSPS) is 51.5. The maximum absolute atomic E-state index is 10.5. The first kappa shape index (κ1) is 9.89. The van der Waals surface area contributed by atoms with Crippen LogP contribution in [0.2, 0.25) is 0 Å². The summed E-state index contributed by atoms with van der Waals surface area (Å²) in [5, 5.41) is 10.5. The highest BCUT2D eigenvalue weighted by atomic mass is 16.3. The molecule has 2 saturated carbocycles. The molecule has 0 aromatic carbocycles. The van der Waals surface area contributed by atoms with Gasteiger partial charge < -0.3 is 5.11 Å². The molecule has 1 nitrogen and oxygen atoms in total. The van der Waals surface area contributed by atoms with Crippen molar-refractivity contribution in [1.82, 2.24) is 0 Å².